The maximum Gasteiger partial charge on any atom is 0.268 e. The van der Waals surface area contributed by atoms with Crippen LogP contribution in [0.15, 0.2) is 41.0 Å². The third kappa shape index (κ3) is 3.52. The smallest absolute Gasteiger partial charge is 0.268 e. The third-order valence-electron chi connectivity index (χ3n) is 4.28. The Labute approximate surface area is 146 Å². The lowest BCUT2D eigenvalue weighted by Crippen LogP contribution is -2.29. The summed E-state index contributed by atoms with van der Waals surface area (Å²) in [5.41, 5.74) is 3.54. The zero-order valence-electron chi connectivity index (χ0n) is 14.7. The molecule has 0 bridgehead atoms. The fourth-order valence-corrected chi connectivity index (χ4v) is 3.06. The van der Waals surface area contributed by atoms with Crippen molar-refractivity contribution in [1.29, 1.82) is 0 Å². The van der Waals surface area contributed by atoms with Gasteiger partial charge in [-0.25, -0.2) is 4.98 Å². The molecule has 0 spiro atoms. The molecule has 130 valence electrons. The van der Waals surface area contributed by atoms with Gasteiger partial charge in [-0.15, -0.1) is 0 Å². The molecule has 2 aromatic heterocycles. The highest BCUT2D eigenvalue weighted by Crippen LogP contribution is 2.19. The molecule has 0 aromatic carbocycles. The second-order valence-corrected chi connectivity index (χ2v) is 6.30. The van der Waals surface area contributed by atoms with Crippen LogP contribution in [-0.4, -0.2) is 39.4 Å². The van der Waals surface area contributed by atoms with Crippen molar-refractivity contribution < 1.29 is 9.59 Å². The topological polar surface area (TPSA) is 75.8 Å². The van der Waals surface area contributed by atoms with Crippen LogP contribution in [0.25, 0.3) is 5.65 Å². The summed E-state index contributed by atoms with van der Waals surface area (Å²) >= 11 is 0. The molecule has 2 aromatic rings. The van der Waals surface area contributed by atoms with Crippen LogP contribution in [0.3, 0.4) is 0 Å². The highest BCUT2D eigenvalue weighted by atomic mass is 16.2. The summed E-state index contributed by atoms with van der Waals surface area (Å²) in [5, 5.41) is 2.97. The van der Waals surface area contributed by atoms with Crippen LogP contribution in [0, 0.1) is 0 Å². The highest BCUT2D eigenvalue weighted by Gasteiger charge is 2.19. The molecule has 0 aliphatic carbocycles. The van der Waals surface area contributed by atoms with Gasteiger partial charge in [0.2, 0.25) is 0 Å². The third-order valence-corrected chi connectivity index (χ3v) is 4.28. The van der Waals surface area contributed by atoms with E-state index in [4.69, 9.17) is 0 Å². The fraction of sp³-hybridized carbons (Fsp3) is 0.368. The zero-order valence-corrected chi connectivity index (χ0v) is 14.7. The summed E-state index contributed by atoms with van der Waals surface area (Å²) in [6, 6.07) is 5.43. The summed E-state index contributed by atoms with van der Waals surface area (Å²) in [7, 11) is 0. The van der Waals surface area contributed by atoms with Gasteiger partial charge in [0.1, 0.15) is 17.0 Å². The maximum absolute atomic E-state index is 12.6. The van der Waals surface area contributed by atoms with Gasteiger partial charge >= 0.3 is 0 Å². The number of Topliss-reactive ketones (excluding diaryl/α,β-unsaturated/α-hetero) is 1. The summed E-state index contributed by atoms with van der Waals surface area (Å²) in [6.45, 7) is 6.04. The molecule has 0 radical (unpaired) electrons. The average Bonchev–Trinajstić information content (AvgIpc) is 3.16. The van der Waals surface area contributed by atoms with Crippen molar-refractivity contribution in [1.82, 2.24) is 14.7 Å². The first kappa shape index (κ1) is 17.1. The van der Waals surface area contributed by atoms with Crippen LogP contribution in [0.1, 0.15) is 54.6 Å². The van der Waals surface area contributed by atoms with E-state index in [-0.39, 0.29) is 17.7 Å². The number of ketones is 1. The van der Waals surface area contributed by atoms with Crippen molar-refractivity contribution in [3.8, 4) is 0 Å². The quantitative estimate of drug-likeness (QED) is 0.823. The highest BCUT2D eigenvalue weighted by molar-refractivity contribution is 5.97. The van der Waals surface area contributed by atoms with Crippen LogP contribution in [0.2, 0.25) is 0 Å². The lowest BCUT2D eigenvalue weighted by molar-refractivity contribution is 0.0948. The second-order valence-electron chi connectivity index (χ2n) is 6.30. The van der Waals surface area contributed by atoms with Gasteiger partial charge in [0.25, 0.3) is 5.91 Å². The van der Waals surface area contributed by atoms with E-state index >= 15 is 0 Å². The van der Waals surface area contributed by atoms with E-state index in [2.05, 4.69) is 22.2 Å². The van der Waals surface area contributed by atoms with E-state index < -0.39 is 0 Å². The number of amides is 1. The largest absolute Gasteiger partial charge is 0.347 e. The number of allylic oxidation sites excluding steroid dienone is 1. The van der Waals surface area contributed by atoms with E-state index in [1.807, 2.05) is 13.0 Å². The Morgan fingerprint density at radius 2 is 2.12 bits per heavy atom. The Morgan fingerprint density at radius 3 is 2.84 bits per heavy atom. The van der Waals surface area contributed by atoms with Crippen LogP contribution in [0.5, 0.6) is 0 Å². The van der Waals surface area contributed by atoms with Gasteiger partial charge in [0.15, 0.2) is 5.78 Å². The molecule has 6 nitrogen and oxygen atoms in total. The molecule has 1 aliphatic heterocycles. The first-order valence-corrected chi connectivity index (χ1v) is 8.51. The van der Waals surface area contributed by atoms with Gasteiger partial charge in [-0.2, -0.15) is 0 Å². The molecule has 3 rings (SSSR count). The fourth-order valence-electron chi connectivity index (χ4n) is 3.06. The van der Waals surface area contributed by atoms with Gasteiger partial charge in [-0.3, -0.25) is 19.0 Å². The van der Waals surface area contributed by atoms with Crippen molar-refractivity contribution in [2.75, 3.05) is 6.54 Å². The van der Waals surface area contributed by atoms with Gasteiger partial charge in [-0.05, 0) is 37.1 Å². The summed E-state index contributed by atoms with van der Waals surface area (Å²) in [5.74, 6) is -0.319. The molecule has 0 saturated carbocycles. The van der Waals surface area contributed by atoms with Gasteiger partial charge in [0, 0.05) is 25.4 Å². The van der Waals surface area contributed by atoms with Crippen LogP contribution in [-0.2, 0) is 0 Å². The molecule has 0 fully saturated rings. The Kier molecular flexibility index (Phi) is 4.79. The maximum atomic E-state index is 12.6. The number of pyridine rings is 1. The monoisotopic (exact) mass is 338 g/mol. The van der Waals surface area contributed by atoms with E-state index in [1.165, 1.54) is 6.92 Å². The molecular weight excluding hydrogens is 316 g/mol. The number of nitrogens with one attached hydrogen (secondary N) is 1. The van der Waals surface area contributed by atoms with Crippen molar-refractivity contribution >= 4 is 23.0 Å². The minimum absolute atomic E-state index is 0.124. The molecule has 1 unspecified atom stereocenters. The Bertz CT molecular complexity index is 892. The van der Waals surface area contributed by atoms with E-state index in [9.17, 15) is 9.59 Å². The molecule has 25 heavy (non-hydrogen) atoms. The molecule has 1 aliphatic rings. The number of hydrogen-bond acceptors (Lipinski definition) is 4. The predicted octanol–water partition coefficient (Wildman–Crippen LogP) is 2.84. The number of fused-ring (bicyclic) bond motifs is 1. The lowest BCUT2D eigenvalue weighted by atomic mass is 10.0. The first-order valence-electron chi connectivity index (χ1n) is 8.51. The number of rotatable bonds is 6. The number of carbonyl (C=O) groups is 2. The van der Waals surface area contributed by atoms with Gasteiger partial charge in [-0.1, -0.05) is 19.4 Å². The van der Waals surface area contributed by atoms with Crippen molar-refractivity contribution in [2.45, 2.75) is 39.7 Å². The lowest BCUT2D eigenvalue weighted by Gasteiger charge is -2.13. The standard InChI is InChI=1S/C19H22N4O2/c1-4-6-15-14(9-12(2)21-15)10-20-19(25)17-7-5-8-18-22-16(13(3)24)11-23(17)18/h5,7-9,11,15H,4,6,10H2,1-3H3,(H,20,25). The van der Waals surface area contributed by atoms with Crippen molar-refractivity contribution in [3.05, 3.63) is 47.4 Å². The minimum Gasteiger partial charge on any atom is -0.347 e. The number of carbonyl (C=O) groups excluding carboxylic acids is 2. The number of aromatic nitrogens is 2. The van der Waals surface area contributed by atoms with E-state index in [0.29, 0.717) is 23.6 Å². The summed E-state index contributed by atoms with van der Waals surface area (Å²) in [4.78, 5) is 33.0. The minimum atomic E-state index is -0.196. The first-order chi connectivity index (χ1) is 12.0. The number of imidazole rings is 1. The Hall–Kier alpha value is -2.76. The molecule has 1 amide bonds. The van der Waals surface area contributed by atoms with E-state index in [1.54, 1.807) is 28.8 Å². The molecular formula is C19H22N4O2. The SMILES string of the molecule is CCCC1N=C(C)C=C1CNC(=O)c1cccc2nc(C(C)=O)cn12. The van der Waals surface area contributed by atoms with Crippen LogP contribution >= 0.6 is 0 Å². The summed E-state index contributed by atoms with van der Waals surface area (Å²) in [6.07, 6.45) is 5.69. The van der Waals surface area contributed by atoms with Gasteiger partial charge in [0.05, 0.1) is 6.04 Å². The Balaban J connectivity index is 1.77. The van der Waals surface area contributed by atoms with E-state index in [0.717, 1.165) is 24.1 Å². The van der Waals surface area contributed by atoms with Crippen molar-refractivity contribution in [3.63, 3.8) is 0 Å². The van der Waals surface area contributed by atoms with Crippen LogP contribution < -0.4 is 5.32 Å². The molecule has 1 N–H and O–H groups in total. The number of hydrogen-bond donors (Lipinski definition) is 1. The summed E-state index contributed by atoms with van der Waals surface area (Å²) < 4.78 is 1.65. The number of aliphatic imine (C=N–C) groups is 1. The number of nitrogens with zero attached hydrogens (tertiary/aromatic N) is 3. The van der Waals surface area contributed by atoms with Crippen LogP contribution in [0.4, 0.5) is 0 Å². The van der Waals surface area contributed by atoms with Gasteiger partial charge < -0.3 is 5.32 Å². The normalized spacial score (nSPS) is 16.7. The molecule has 1 atom stereocenters. The zero-order chi connectivity index (χ0) is 18.0. The molecule has 6 heteroatoms. The second kappa shape index (κ2) is 7.01. The molecule has 3 heterocycles. The van der Waals surface area contributed by atoms with Crippen molar-refractivity contribution in [2.24, 2.45) is 4.99 Å². The average molecular weight is 338 g/mol. The molecule has 0 saturated heterocycles. The predicted molar refractivity (Wildman–Crippen MR) is 97.4 cm³/mol. The Morgan fingerprint density at radius 1 is 1.32 bits per heavy atom.